The molecule has 1 aromatic heterocycles. The molecule has 1 N–H and O–H groups in total. The van der Waals surface area contributed by atoms with Gasteiger partial charge in [-0.2, -0.15) is 10.2 Å². The number of carbonyl (C=O) groups is 1. The summed E-state index contributed by atoms with van der Waals surface area (Å²) in [6.45, 7) is 3.20. The van der Waals surface area contributed by atoms with E-state index in [0.29, 0.717) is 16.6 Å². The zero-order valence-electron chi connectivity index (χ0n) is 13.0. The topological polar surface area (TPSA) is 58.1 Å². The van der Waals surface area contributed by atoms with Crippen LogP contribution in [0.4, 0.5) is 11.4 Å². The van der Waals surface area contributed by atoms with E-state index in [1.54, 1.807) is 12.1 Å². The Labute approximate surface area is 140 Å². The second-order valence-corrected chi connectivity index (χ2v) is 6.22. The Kier molecular flexibility index (Phi) is 4.76. The number of hydrogen-bond acceptors (Lipinski definition) is 4. The van der Waals surface area contributed by atoms with Gasteiger partial charge in [0.15, 0.2) is 0 Å². The van der Waals surface area contributed by atoms with Crippen molar-refractivity contribution in [3.8, 4) is 0 Å². The maximum atomic E-state index is 12.4. The summed E-state index contributed by atoms with van der Waals surface area (Å²) in [6, 6.07) is 7.72. The lowest BCUT2D eigenvalue weighted by Crippen LogP contribution is -2.38. The standard InChI is InChI=1S/C17H19ClN4O/c1-12-4-2-3-9-22(12)16-6-5-14(18)10-15(16)21-17(23)13-7-8-19-20-11-13/h5-8,10-12H,2-4,9H2,1H3,(H,21,23). The molecule has 0 bridgehead atoms. The first-order valence-corrected chi connectivity index (χ1v) is 8.17. The minimum absolute atomic E-state index is 0.215. The molecule has 6 heteroatoms. The minimum atomic E-state index is -0.215. The number of anilines is 2. The molecular weight excluding hydrogens is 312 g/mol. The largest absolute Gasteiger partial charge is 0.367 e. The first-order chi connectivity index (χ1) is 11.1. The summed E-state index contributed by atoms with van der Waals surface area (Å²) >= 11 is 6.13. The van der Waals surface area contributed by atoms with Crippen molar-refractivity contribution in [1.82, 2.24) is 10.2 Å². The van der Waals surface area contributed by atoms with E-state index >= 15 is 0 Å². The molecule has 1 amide bonds. The van der Waals surface area contributed by atoms with E-state index in [-0.39, 0.29) is 5.91 Å². The highest BCUT2D eigenvalue weighted by atomic mass is 35.5. The number of benzene rings is 1. The quantitative estimate of drug-likeness (QED) is 0.931. The predicted octanol–water partition coefficient (Wildman–Crippen LogP) is 3.76. The number of carbonyl (C=O) groups excluding carboxylic acids is 1. The van der Waals surface area contributed by atoms with Gasteiger partial charge in [0.25, 0.3) is 5.91 Å². The Morgan fingerprint density at radius 1 is 1.30 bits per heavy atom. The van der Waals surface area contributed by atoms with E-state index in [2.05, 4.69) is 27.3 Å². The molecule has 1 atom stereocenters. The van der Waals surface area contributed by atoms with Crippen molar-refractivity contribution in [2.45, 2.75) is 32.2 Å². The van der Waals surface area contributed by atoms with Gasteiger partial charge in [-0.05, 0) is 50.5 Å². The molecule has 1 aromatic carbocycles. The van der Waals surface area contributed by atoms with E-state index < -0.39 is 0 Å². The zero-order chi connectivity index (χ0) is 16.2. The predicted molar refractivity (Wildman–Crippen MR) is 92.1 cm³/mol. The fourth-order valence-electron chi connectivity index (χ4n) is 2.93. The summed E-state index contributed by atoms with van der Waals surface area (Å²) in [7, 11) is 0. The van der Waals surface area contributed by atoms with Gasteiger partial charge in [0, 0.05) is 17.6 Å². The third-order valence-electron chi connectivity index (χ3n) is 4.17. The van der Waals surface area contributed by atoms with Crippen molar-refractivity contribution >= 4 is 28.9 Å². The van der Waals surface area contributed by atoms with Crippen LogP contribution in [0, 0.1) is 0 Å². The zero-order valence-corrected chi connectivity index (χ0v) is 13.8. The molecule has 120 valence electrons. The van der Waals surface area contributed by atoms with Gasteiger partial charge in [-0.3, -0.25) is 4.79 Å². The SMILES string of the molecule is CC1CCCCN1c1ccc(Cl)cc1NC(=O)c1ccnnc1. The van der Waals surface area contributed by atoms with Gasteiger partial charge >= 0.3 is 0 Å². The highest BCUT2D eigenvalue weighted by Gasteiger charge is 2.22. The summed E-state index contributed by atoms with van der Waals surface area (Å²) < 4.78 is 0. The Morgan fingerprint density at radius 3 is 2.91 bits per heavy atom. The second-order valence-electron chi connectivity index (χ2n) is 5.78. The van der Waals surface area contributed by atoms with Crippen LogP contribution < -0.4 is 10.2 Å². The highest BCUT2D eigenvalue weighted by molar-refractivity contribution is 6.31. The second kappa shape index (κ2) is 6.96. The van der Waals surface area contributed by atoms with Crippen LogP contribution in [-0.2, 0) is 0 Å². The normalized spacial score (nSPS) is 17.8. The lowest BCUT2D eigenvalue weighted by Gasteiger charge is -2.36. The summed E-state index contributed by atoms with van der Waals surface area (Å²) in [5, 5.41) is 11.0. The number of amides is 1. The molecular formula is C17H19ClN4O. The number of aromatic nitrogens is 2. The third-order valence-corrected chi connectivity index (χ3v) is 4.40. The Balaban J connectivity index is 1.89. The van der Waals surface area contributed by atoms with Crippen LogP contribution in [0.1, 0.15) is 36.5 Å². The first kappa shape index (κ1) is 15.7. The monoisotopic (exact) mass is 330 g/mol. The Hall–Kier alpha value is -2.14. The van der Waals surface area contributed by atoms with Crippen LogP contribution in [0.5, 0.6) is 0 Å². The fourth-order valence-corrected chi connectivity index (χ4v) is 3.11. The molecule has 0 spiro atoms. The molecule has 2 aromatic rings. The minimum Gasteiger partial charge on any atom is -0.367 e. The van der Waals surface area contributed by atoms with Crippen LogP contribution in [0.2, 0.25) is 5.02 Å². The van der Waals surface area contributed by atoms with Crippen molar-refractivity contribution in [1.29, 1.82) is 0 Å². The van der Waals surface area contributed by atoms with Gasteiger partial charge in [0.05, 0.1) is 29.3 Å². The maximum Gasteiger partial charge on any atom is 0.257 e. The number of nitrogens with zero attached hydrogens (tertiary/aromatic N) is 3. The lowest BCUT2D eigenvalue weighted by atomic mass is 10.0. The molecule has 0 saturated carbocycles. The van der Waals surface area contributed by atoms with Crippen LogP contribution in [0.3, 0.4) is 0 Å². The molecule has 3 rings (SSSR count). The van der Waals surface area contributed by atoms with Crippen molar-refractivity contribution in [2.75, 3.05) is 16.8 Å². The smallest absolute Gasteiger partial charge is 0.257 e. The van der Waals surface area contributed by atoms with E-state index in [0.717, 1.165) is 30.8 Å². The number of nitrogens with one attached hydrogen (secondary N) is 1. The molecule has 0 aliphatic carbocycles. The van der Waals surface area contributed by atoms with Crippen LogP contribution >= 0.6 is 11.6 Å². The molecule has 5 nitrogen and oxygen atoms in total. The Bertz CT molecular complexity index is 692. The number of rotatable bonds is 3. The van der Waals surface area contributed by atoms with Gasteiger partial charge in [-0.15, -0.1) is 0 Å². The highest BCUT2D eigenvalue weighted by Crippen LogP contribution is 2.33. The first-order valence-electron chi connectivity index (χ1n) is 7.79. The molecule has 1 fully saturated rings. The van der Waals surface area contributed by atoms with E-state index in [1.165, 1.54) is 18.8 Å². The van der Waals surface area contributed by atoms with E-state index in [9.17, 15) is 4.79 Å². The fraction of sp³-hybridized carbons (Fsp3) is 0.353. The average Bonchev–Trinajstić information content (AvgIpc) is 2.57. The lowest BCUT2D eigenvalue weighted by molar-refractivity contribution is 0.102. The van der Waals surface area contributed by atoms with Gasteiger partial charge in [0.2, 0.25) is 0 Å². The summed E-state index contributed by atoms with van der Waals surface area (Å²) in [5.41, 5.74) is 2.21. The van der Waals surface area contributed by atoms with Gasteiger partial charge in [-0.1, -0.05) is 11.6 Å². The summed E-state index contributed by atoms with van der Waals surface area (Å²) in [5.74, 6) is -0.215. The number of halogens is 1. The van der Waals surface area contributed by atoms with Crippen LogP contribution in [0.25, 0.3) is 0 Å². The average molecular weight is 331 g/mol. The summed E-state index contributed by atoms with van der Waals surface area (Å²) in [6.07, 6.45) is 6.51. The molecule has 1 aliphatic heterocycles. The van der Waals surface area contributed by atoms with Gasteiger partial charge < -0.3 is 10.2 Å². The third kappa shape index (κ3) is 3.62. The van der Waals surface area contributed by atoms with E-state index in [4.69, 9.17) is 11.6 Å². The molecule has 0 radical (unpaired) electrons. The molecule has 23 heavy (non-hydrogen) atoms. The molecule has 1 aliphatic rings. The van der Waals surface area contributed by atoms with Crippen molar-refractivity contribution in [3.63, 3.8) is 0 Å². The van der Waals surface area contributed by atoms with Gasteiger partial charge in [0.1, 0.15) is 0 Å². The molecule has 1 saturated heterocycles. The van der Waals surface area contributed by atoms with Crippen molar-refractivity contribution in [2.24, 2.45) is 0 Å². The maximum absolute atomic E-state index is 12.4. The van der Waals surface area contributed by atoms with Crippen LogP contribution in [-0.4, -0.2) is 28.7 Å². The van der Waals surface area contributed by atoms with E-state index in [1.807, 2.05) is 12.1 Å². The summed E-state index contributed by atoms with van der Waals surface area (Å²) in [4.78, 5) is 14.7. The Morgan fingerprint density at radius 2 is 2.17 bits per heavy atom. The molecule has 2 heterocycles. The number of piperidine rings is 1. The van der Waals surface area contributed by atoms with Crippen LogP contribution in [0.15, 0.2) is 36.7 Å². The number of hydrogen-bond donors (Lipinski definition) is 1. The van der Waals surface area contributed by atoms with Crippen molar-refractivity contribution in [3.05, 3.63) is 47.2 Å². The molecule has 1 unspecified atom stereocenters. The van der Waals surface area contributed by atoms with Gasteiger partial charge in [-0.25, -0.2) is 0 Å². The van der Waals surface area contributed by atoms with Crippen molar-refractivity contribution < 1.29 is 4.79 Å².